The Kier molecular flexibility index (Phi) is 6.87. The molecule has 1 heterocycles. The molecule has 17 heavy (non-hydrogen) atoms. The van der Waals surface area contributed by atoms with Gasteiger partial charge in [0.05, 0.1) is 5.69 Å². The van der Waals surface area contributed by atoms with Crippen molar-refractivity contribution in [3.63, 3.8) is 0 Å². The molecule has 2 rings (SSSR count). The van der Waals surface area contributed by atoms with E-state index in [0.717, 1.165) is 12.6 Å². The second kappa shape index (κ2) is 8.24. The number of aromatic nitrogens is 1. The Morgan fingerprint density at radius 1 is 1.18 bits per heavy atom. The van der Waals surface area contributed by atoms with Gasteiger partial charge in [-0.05, 0) is 32.0 Å². The summed E-state index contributed by atoms with van der Waals surface area (Å²) in [4.78, 5) is 6.83. The van der Waals surface area contributed by atoms with Gasteiger partial charge in [-0.25, -0.2) is 0 Å². The highest BCUT2D eigenvalue weighted by Gasteiger charge is 2.17. The summed E-state index contributed by atoms with van der Waals surface area (Å²) in [5.74, 6) is 0. The summed E-state index contributed by atoms with van der Waals surface area (Å²) in [5, 5.41) is 0. The molecule has 1 aliphatic carbocycles. The van der Waals surface area contributed by atoms with Gasteiger partial charge in [0.2, 0.25) is 0 Å². The SMILES string of the molecule is CC.CN(Cc1ccccn1)C1CCCCC1. The third-order valence-electron chi connectivity index (χ3n) is 3.34. The summed E-state index contributed by atoms with van der Waals surface area (Å²) in [6.45, 7) is 4.99. The Morgan fingerprint density at radius 2 is 1.88 bits per heavy atom. The van der Waals surface area contributed by atoms with E-state index in [1.807, 2.05) is 26.1 Å². The fourth-order valence-corrected chi connectivity index (χ4v) is 2.40. The Morgan fingerprint density at radius 3 is 2.47 bits per heavy atom. The molecule has 2 heteroatoms. The van der Waals surface area contributed by atoms with Gasteiger partial charge in [-0.15, -0.1) is 0 Å². The topological polar surface area (TPSA) is 16.1 Å². The third kappa shape index (κ3) is 4.86. The molecule has 1 aliphatic rings. The minimum atomic E-state index is 0.778. The molecule has 96 valence electrons. The molecule has 0 atom stereocenters. The minimum absolute atomic E-state index is 0.778. The van der Waals surface area contributed by atoms with Crippen LogP contribution in [-0.2, 0) is 6.54 Å². The molecule has 0 unspecified atom stereocenters. The molecule has 0 spiro atoms. The minimum Gasteiger partial charge on any atom is -0.298 e. The number of hydrogen-bond acceptors (Lipinski definition) is 2. The van der Waals surface area contributed by atoms with Crippen LogP contribution in [0.25, 0.3) is 0 Å². The van der Waals surface area contributed by atoms with Crippen molar-refractivity contribution < 1.29 is 0 Å². The van der Waals surface area contributed by atoms with Gasteiger partial charge in [-0.3, -0.25) is 9.88 Å². The van der Waals surface area contributed by atoms with E-state index in [4.69, 9.17) is 0 Å². The quantitative estimate of drug-likeness (QED) is 0.789. The highest BCUT2D eigenvalue weighted by atomic mass is 15.1. The van der Waals surface area contributed by atoms with E-state index in [1.54, 1.807) is 0 Å². The lowest BCUT2D eigenvalue weighted by Gasteiger charge is -2.30. The van der Waals surface area contributed by atoms with Crippen molar-refractivity contribution in [3.8, 4) is 0 Å². The van der Waals surface area contributed by atoms with Crippen molar-refractivity contribution in [2.45, 2.75) is 58.5 Å². The number of pyridine rings is 1. The summed E-state index contributed by atoms with van der Waals surface area (Å²) in [7, 11) is 2.23. The fourth-order valence-electron chi connectivity index (χ4n) is 2.40. The molecule has 1 fully saturated rings. The summed E-state index contributed by atoms with van der Waals surface area (Å²) in [6.07, 6.45) is 8.83. The van der Waals surface area contributed by atoms with E-state index in [-0.39, 0.29) is 0 Å². The van der Waals surface area contributed by atoms with Crippen molar-refractivity contribution in [3.05, 3.63) is 30.1 Å². The molecule has 0 radical (unpaired) electrons. The lowest BCUT2D eigenvalue weighted by molar-refractivity contribution is 0.183. The normalized spacial score (nSPS) is 16.5. The predicted molar refractivity (Wildman–Crippen MR) is 73.9 cm³/mol. The van der Waals surface area contributed by atoms with Gasteiger partial charge in [0.15, 0.2) is 0 Å². The maximum absolute atomic E-state index is 4.37. The van der Waals surface area contributed by atoms with E-state index in [1.165, 1.54) is 37.8 Å². The van der Waals surface area contributed by atoms with Crippen LogP contribution in [0, 0.1) is 0 Å². The average molecular weight is 234 g/mol. The highest BCUT2D eigenvalue weighted by molar-refractivity contribution is 5.03. The first-order chi connectivity index (χ1) is 8.36. The van der Waals surface area contributed by atoms with Crippen molar-refractivity contribution >= 4 is 0 Å². The number of rotatable bonds is 3. The molecule has 0 aromatic carbocycles. The Hall–Kier alpha value is -0.890. The van der Waals surface area contributed by atoms with Crippen molar-refractivity contribution in [2.24, 2.45) is 0 Å². The van der Waals surface area contributed by atoms with Crippen LogP contribution < -0.4 is 0 Å². The monoisotopic (exact) mass is 234 g/mol. The van der Waals surface area contributed by atoms with Gasteiger partial charge in [-0.1, -0.05) is 39.2 Å². The van der Waals surface area contributed by atoms with Crippen LogP contribution in [0.4, 0.5) is 0 Å². The van der Waals surface area contributed by atoms with Gasteiger partial charge < -0.3 is 0 Å². The van der Waals surface area contributed by atoms with Crippen LogP contribution in [0.2, 0.25) is 0 Å². The fraction of sp³-hybridized carbons (Fsp3) is 0.667. The van der Waals surface area contributed by atoms with Crippen LogP contribution in [0.3, 0.4) is 0 Å². The zero-order valence-corrected chi connectivity index (χ0v) is 11.5. The van der Waals surface area contributed by atoms with Crippen LogP contribution >= 0.6 is 0 Å². The van der Waals surface area contributed by atoms with Crippen molar-refractivity contribution in [1.82, 2.24) is 9.88 Å². The van der Waals surface area contributed by atoms with Gasteiger partial charge in [0.25, 0.3) is 0 Å². The first-order valence-electron chi connectivity index (χ1n) is 6.96. The maximum Gasteiger partial charge on any atom is 0.0543 e. The van der Waals surface area contributed by atoms with Gasteiger partial charge >= 0.3 is 0 Å². The summed E-state index contributed by atoms with van der Waals surface area (Å²) in [6, 6.07) is 6.93. The molecule has 0 aliphatic heterocycles. The molecule has 0 amide bonds. The van der Waals surface area contributed by atoms with E-state index in [0.29, 0.717) is 0 Å². The molecule has 1 aromatic rings. The zero-order valence-electron chi connectivity index (χ0n) is 11.5. The first-order valence-corrected chi connectivity index (χ1v) is 6.96. The Balaban J connectivity index is 0.000000686. The van der Waals surface area contributed by atoms with Crippen LogP contribution in [0.1, 0.15) is 51.6 Å². The summed E-state index contributed by atoms with van der Waals surface area (Å²) in [5.41, 5.74) is 1.19. The van der Waals surface area contributed by atoms with Crippen LogP contribution in [-0.4, -0.2) is 23.0 Å². The first kappa shape index (κ1) is 14.2. The average Bonchev–Trinajstić information content (AvgIpc) is 2.43. The smallest absolute Gasteiger partial charge is 0.0543 e. The van der Waals surface area contributed by atoms with Gasteiger partial charge in [0.1, 0.15) is 0 Å². The standard InChI is InChI=1S/C13H20N2.C2H6/c1-15(13-8-3-2-4-9-13)11-12-7-5-6-10-14-12;1-2/h5-7,10,13H,2-4,8-9,11H2,1H3;1-2H3. The maximum atomic E-state index is 4.37. The lowest BCUT2D eigenvalue weighted by atomic mass is 9.94. The third-order valence-corrected chi connectivity index (χ3v) is 3.34. The second-order valence-electron chi connectivity index (χ2n) is 4.53. The highest BCUT2D eigenvalue weighted by Crippen LogP contribution is 2.22. The van der Waals surface area contributed by atoms with Gasteiger partial charge in [0, 0.05) is 18.8 Å². The van der Waals surface area contributed by atoms with E-state index >= 15 is 0 Å². The van der Waals surface area contributed by atoms with E-state index < -0.39 is 0 Å². The number of nitrogens with zero attached hydrogens (tertiary/aromatic N) is 2. The largest absolute Gasteiger partial charge is 0.298 e. The molecule has 0 saturated heterocycles. The second-order valence-corrected chi connectivity index (χ2v) is 4.53. The molecule has 1 aromatic heterocycles. The van der Waals surface area contributed by atoms with E-state index in [2.05, 4.69) is 29.1 Å². The zero-order chi connectivity index (χ0) is 12.5. The van der Waals surface area contributed by atoms with E-state index in [9.17, 15) is 0 Å². The molecule has 0 N–H and O–H groups in total. The molecule has 1 saturated carbocycles. The van der Waals surface area contributed by atoms with Crippen molar-refractivity contribution in [1.29, 1.82) is 0 Å². The lowest BCUT2D eigenvalue weighted by Crippen LogP contribution is -2.33. The molecular weight excluding hydrogens is 208 g/mol. The van der Waals surface area contributed by atoms with Gasteiger partial charge in [-0.2, -0.15) is 0 Å². The van der Waals surface area contributed by atoms with Crippen LogP contribution in [0.5, 0.6) is 0 Å². The molecule has 2 nitrogen and oxygen atoms in total. The Bertz CT molecular complexity index is 278. The van der Waals surface area contributed by atoms with Crippen LogP contribution in [0.15, 0.2) is 24.4 Å². The van der Waals surface area contributed by atoms with Crippen molar-refractivity contribution in [2.75, 3.05) is 7.05 Å². The predicted octanol–water partition coefficient (Wildman–Crippen LogP) is 3.87. The molecule has 0 bridgehead atoms. The Labute approximate surface area is 106 Å². The molecular formula is C15H26N2. The summed E-state index contributed by atoms with van der Waals surface area (Å²) >= 11 is 0. The number of hydrogen-bond donors (Lipinski definition) is 0. The summed E-state index contributed by atoms with van der Waals surface area (Å²) < 4.78 is 0.